The third-order valence-corrected chi connectivity index (χ3v) is 4.10. The molecule has 3 aromatic rings. The molecule has 1 amide bonds. The second-order valence-electron chi connectivity index (χ2n) is 5.74. The van der Waals surface area contributed by atoms with Crippen molar-refractivity contribution in [2.24, 2.45) is 5.92 Å². The lowest BCUT2D eigenvalue weighted by atomic mass is 9.92. The van der Waals surface area contributed by atoms with Gasteiger partial charge in [-0.3, -0.25) is 9.20 Å². The van der Waals surface area contributed by atoms with E-state index in [1.54, 1.807) is 29.2 Å². The molecule has 1 aliphatic rings. The highest BCUT2D eigenvalue weighted by Crippen LogP contribution is 2.22. The maximum atomic E-state index is 12.4. The smallest absolute Gasteiger partial charge is 0.256 e. The molecule has 0 atom stereocenters. The Hall–Kier alpha value is -2.69. The van der Waals surface area contributed by atoms with Crippen molar-refractivity contribution in [1.82, 2.24) is 19.3 Å². The van der Waals surface area contributed by atoms with Crippen molar-refractivity contribution >= 4 is 11.7 Å². The predicted octanol–water partition coefficient (Wildman–Crippen LogP) is 2.04. The molecule has 0 unspecified atom stereocenters. The molecule has 0 aliphatic carbocycles. The van der Waals surface area contributed by atoms with Crippen molar-refractivity contribution < 1.29 is 4.79 Å². The molecule has 0 radical (unpaired) electrons. The highest BCUT2D eigenvalue weighted by molar-refractivity contribution is 5.94. The Labute approximate surface area is 128 Å². The van der Waals surface area contributed by atoms with Gasteiger partial charge in [-0.1, -0.05) is 30.3 Å². The van der Waals surface area contributed by atoms with Gasteiger partial charge in [-0.15, -0.1) is 0 Å². The van der Waals surface area contributed by atoms with Crippen LogP contribution in [0.3, 0.4) is 0 Å². The number of fused-ring (bicyclic) bond motifs is 1. The van der Waals surface area contributed by atoms with Crippen LogP contribution >= 0.6 is 0 Å². The summed E-state index contributed by atoms with van der Waals surface area (Å²) in [7, 11) is 0. The summed E-state index contributed by atoms with van der Waals surface area (Å²) < 4.78 is 1.77. The van der Waals surface area contributed by atoms with Crippen molar-refractivity contribution in [2.45, 2.75) is 6.42 Å². The lowest BCUT2D eigenvalue weighted by molar-refractivity contribution is 0.0500. The average Bonchev–Trinajstić information content (AvgIpc) is 2.98. The highest BCUT2D eigenvalue weighted by atomic mass is 16.2. The fourth-order valence-corrected chi connectivity index (χ4v) is 2.92. The van der Waals surface area contributed by atoms with E-state index in [1.807, 2.05) is 11.0 Å². The quantitative estimate of drug-likeness (QED) is 0.742. The second kappa shape index (κ2) is 5.26. The number of nitrogens with zero attached hydrogens (tertiary/aromatic N) is 4. The molecule has 3 heterocycles. The van der Waals surface area contributed by atoms with Gasteiger partial charge < -0.3 is 4.90 Å². The molecule has 0 spiro atoms. The molecule has 110 valence electrons. The fourth-order valence-electron chi connectivity index (χ4n) is 2.92. The summed E-state index contributed by atoms with van der Waals surface area (Å²) in [6.45, 7) is 1.63. The van der Waals surface area contributed by atoms with Gasteiger partial charge >= 0.3 is 0 Å². The molecule has 5 heteroatoms. The maximum absolute atomic E-state index is 12.4. The molecule has 1 saturated heterocycles. The summed E-state index contributed by atoms with van der Waals surface area (Å²) in [5.41, 5.74) is 1.95. The summed E-state index contributed by atoms with van der Waals surface area (Å²) in [5.74, 6) is 1.21. The minimum atomic E-state index is 0.0485. The number of hydrogen-bond donors (Lipinski definition) is 0. The summed E-state index contributed by atoms with van der Waals surface area (Å²) in [6, 6.07) is 10.4. The number of hydrogen-bond acceptors (Lipinski definition) is 3. The van der Waals surface area contributed by atoms with E-state index in [0.29, 0.717) is 17.3 Å². The van der Waals surface area contributed by atoms with Crippen molar-refractivity contribution in [3.63, 3.8) is 0 Å². The Kier molecular flexibility index (Phi) is 3.11. The van der Waals surface area contributed by atoms with Gasteiger partial charge in [-0.25, -0.2) is 9.97 Å². The number of aromatic nitrogens is 3. The van der Waals surface area contributed by atoms with Crippen molar-refractivity contribution in [3.8, 4) is 0 Å². The molecule has 22 heavy (non-hydrogen) atoms. The van der Waals surface area contributed by atoms with Gasteiger partial charge in [0.2, 0.25) is 5.78 Å². The Morgan fingerprint density at radius 1 is 1.18 bits per heavy atom. The molecule has 0 saturated carbocycles. The van der Waals surface area contributed by atoms with Crippen LogP contribution in [0.2, 0.25) is 0 Å². The van der Waals surface area contributed by atoms with Gasteiger partial charge in [0.05, 0.1) is 5.56 Å². The number of rotatable bonds is 3. The fraction of sp³-hybridized carbons (Fsp3) is 0.235. The highest BCUT2D eigenvalue weighted by Gasteiger charge is 2.31. The third kappa shape index (κ3) is 2.35. The van der Waals surface area contributed by atoms with Gasteiger partial charge in [-0.2, -0.15) is 0 Å². The Balaban J connectivity index is 1.40. The molecular formula is C17H16N4O. The molecule has 0 bridgehead atoms. The normalized spacial score (nSPS) is 15.0. The van der Waals surface area contributed by atoms with E-state index in [-0.39, 0.29) is 5.91 Å². The molecule has 0 N–H and O–H groups in total. The number of benzene rings is 1. The topological polar surface area (TPSA) is 50.5 Å². The molecule has 1 fully saturated rings. The van der Waals surface area contributed by atoms with E-state index in [2.05, 4.69) is 34.2 Å². The monoisotopic (exact) mass is 292 g/mol. The first-order valence-corrected chi connectivity index (χ1v) is 7.41. The van der Waals surface area contributed by atoms with Crippen LogP contribution in [-0.2, 0) is 6.42 Å². The first-order chi connectivity index (χ1) is 10.8. The van der Waals surface area contributed by atoms with E-state index in [9.17, 15) is 4.79 Å². The number of likely N-dealkylation sites (tertiary alicyclic amines) is 1. The average molecular weight is 292 g/mol. The number of carbonyl (C=O) groups excluding carboxylic acids is 1. The van der Waals surface area contributed by atoms with Gasteiger partial charge in [-0.05, 0) is 17.9 Å². The first kappa shape index (κ1) is 13.0. The summed E-state index contributed by atoms with van der Waals surface area (Å²) in [5, 5.41) is 0. The zero-order chi connectivity index (χ0) is 14.9. The van der Waals surface area contributed by atoms with Crippen LogP contribution in [-0.4, -0.2) is 38.3 Å². The standard InChI is InChI=1S/C17H16N4O/c22-16(15-9-19-17-18-6-7-20(17)12-15)21-10-14(11-21)8-13-4-2-1-3-5-13/h1-7,9,12,14H,8,10-11H2. The van der Waals surface area contributed by atoms with Crippen LogP contribution in [0.4, 0.5) is 0 Å². The first-order valence-electron chi connectivity index (χ1n) is 7.41. The van der Waals surface area contributed by atoms with Gasteiger partial charge in [0.15, 0.2) is 0 Å². The Morgan fingerprint density at radius 3 is 2.82 bits per heavy atom. The van der Waals surface area contributed by atoms with Crippen molar-refractivity contribution in [2.75, 3.05) is 13.1 Å². The minimum Gasteiger partial charge on any atom is -0.338 e. The zero-order valence-electron chi connectivity index (χ0n) is 12.1. The third-order valence-electron chi connectivity index (χ3n) is 4.10. The van der Waals surface area contributed by atoms with E-state index >= 15 is 0 Å². The van der Waals surface area contributed by atoms with Gasteiger partial charge in [0.1, 0.15) is 0 Å². The Bertz CT molecular complexity index is 806. The van der Waals surface area contributed by atoms with Crippen LogP contribution in [0.15, 0.2) is 55.1 Å². The SMILES string of the molecule is O=C(c1cnc2nccn2c1)N1CC(Cc2ccccc2)C1. The summed E-state index contributed by atoms with van der Waals surface area (Å²) in [6.07, 6.45) is 7.91. The van der Waals surface area contributed by atoms with Crippen molar-refractivity contribution in [1.29, 1.82) is 0 Å². The van der Waals surface area contributed by atoms with Gasteiger partial charge in [0.25, 0.3) is 5.91 Å². The molecular weight excluding hydrogens is 276 g/mol. The van der Waals surface area contributed by atoms with Crippen LogP contribution in [0.5, 0.6) is 0 Å². The number of imidazole rings is 1. The maximum Gasteiger partial charge on any atom is 0.256 e. The molecule has 4 rings (SSSR count). The largest absolute Gasteiger partial charge is 0.338 e. The summed E-state index contributed by atoms with van der Waals surface area (Å²) in [4.78, 5) is 22.6. The lowest BCUT2D eigenvalue weighted by Gasteiger charge is -2.39. The molecule has 1 aliphatic heterocycles. The van der Waals surface area contributed by atoms with E-state index < -0.39 is 0 Å². The van der Waals surface area contributed by atoms with Gasteiger partial charge in [0, 0.05) is 37.9 Å². The molecule has 1 aromatic carbocycles. The van der Waals surface area contributed by atoms with E-state index in [4.69, 9.17) is 0 Å². The van der Waals surface area contributed by atoms with Crippen LogP contribution in [0.1, 0.15) is 15.9 Å². The lowest BCUT2D eigenvalue weighted by Crippen LogP contribution is -2.50. The van der Waals surface area contributed by atoms with Crippen LogP contribution in [0, 0.1) is 5.92 Å². The number of carbonyl (C=O) groups is 1. The zero-order valence-corrected chi connectivity index (χ0v) is 12.1. The number of amides is 1. The summed E-state index contributed by atoms with van der Waals surface area (Å²) >= 11 is 0. The molecule has 5 nitrogen and oxygen atoms in total. The minimum absolute atomic E-state index is 0.0485. The van der Waals surface area contributed by atoms with E-state index in [0.717, 1.165) is 19.5 Å². The molecule has 2 aromatic heterocycles. The van der Waals surface area contributed by atoms with Crippen LogP contribution in [0.25, 0.3) is 5.78 Å². The second-order valence-corrected chi connectivity index (χ2v) is 5.74. The van der Waals surface area contributed by atoms with Crippen LogP contribution < -0.4 is 0 Å². The predicted molar refractivity (Wildman–Crippen MR) is 82.5 cm³/mol. The van der Waals surface area contributed by atoms with Crippen molar-refractivity contribution in [3.05, 3.63) is 66.2 Å². The van der Waals surface area contributed by atoms with E-state index in [1.165, 1.54) is 5.56 Å². The Morgan fingerprint density at radius 2 is 2.00 bits per heavy atom.